The lowest BCUT2D eigenvalue weighted by Gasteiger charge is -2.35. The standard InChI is InChI=1S/C17H23N5O4/c1-20(2)17(24)21-5-3-4-13(6-21)16(23)22(7-14-9-25-11-18-14)8-15-10-26-12-19-15/h9-13H,3-8H2,1-2H3/t13-/m1/s1. The smallest absolute Gasteiger partial charge is 0.319 e. The van der Waals surface area contributed by atoms with E-state index in [0.29, 0.717) is 37.6 Å². The Labute approximate surface area is 151 Å². The summed E-state index contributed by atoms with van der Waals surface area (Å²) < 4.78 is 10.0. The highest BCUT2D eigenvalue weighted by Crippen LogP contribution is 2.21. The van der Waals surface area contributed by atoms with Crippen LogP contribution in [0.4, 0.5) is 4.79 Å². The Balaban J connectivity index is 1.72. The number of aromatic nitrogens is 2. The number of nitrogens with zero attached hydrogens (tertiary/aromatic N) is 5. The highest BCUT2D eigenvalue weighted by atomic mass is 16.3. The first kappa shape index (κ1) is 18.0. The number of carbonyl (C=O) groups excluding carboxylic acids is 2. The van der Waals surface area contributed by atoms with E-state index in [-0.39, 0.29) is 17.9 Å². The van der Waals surface area contributed by atoms with E-state index in [1.165, 1.54) is 30.2 Å². The molecule has 3 amide bonds. The molecule has 26 heavy (non-hydrogen) atoms. The molecule has 0 bridgehead atoms. The van der Waals surface area contributed by atoms with Gasteiger partial charge < -0.3 is 23.5 Å². The normalized spacial score (nSPS) is 17.2. The van der Waals surface area contributed by atoms with Gasteiger partial charge in [0.2, 0.25) is 5.91 Å². The van der Waals surface area contributed by atoms with Crippen molar-refractivity contribution in [1.29, 1.82) is 0 Å². The second kappa shape index (κ2) is 8.03. The SMILES string of the molecule is CN(C)C(=O)N1CCC[C@@H](C(=O)N(Cc2cocn2)Cc2cocn2)C1. The van der Waals surface area contributed by atoms with Crippen LogP contribution >= 0.6 is 0 Å². The highest BCUT2D eigenvalue weighted by Gasteiger charge is 2.32. The zero-order valence-corrected chi connectivity index (χ0v) is 15.0. The van der Waals surface area contributed by atoms with Gasteiger partial charge in [0, 0.05) is 27.2 Å². The van der Waals surface area contributed by atoms with Crippen molar-refractivity contribution in [3.8, 4) is 0 Å². The van der Waals surface area contributed by atoms with Crippen LogP contribution in [-0.2, 0) is 17.9 Å². The van der Waals surface area contributed by atoms with Gasteiger partial charge in [0.15, 0.2) is 12.8 Å². The predicted octanol–water partition coefficient (Wildman–Crippen LogP) is 1.58. The number of carbonyl (C=O) groups is 2. The maximum atomic E-state index is 13.1. The summed E-state index contributed by atoms with van der Waals surface area (Å²) in [6.07, 6.45) is 7.28. The average Bonchev–Trinajstić information content (AvgIpc) is 3.34. The molecule has 9 nitrogen and oxygen atoms in total. The van der Waals surface area contributed by atoms with Crippen LogP contribution in [0.2, 0.25) is 0 Å². The van der Waals surface area contributed by atoms with E-state index in [2.05, 4.69) is 9.97 Å². The van der Waals surface area contributed by atoms with Crippen molar-refractivity contribution >= 4 is 11.9 Å². The number of oxazole rings is 2. The molecule has 1 fully saturated rings. The number of amides is 3. The number of rotatable bonds is 5. The van der Waals surface area contributed by atoms with Crippen LogP contribution in [0.25, 0.3) is 0 Å². The quantitative estimate of drug-likeness (QED) is 0.802. The summed E-state index contributed by atoms with van der Waals surface area (Å²) >= 11 is 0. The molecule has 0 N–H and O–H groups in total. The van der Waals surface area contributed by atoms with E-state index in [1.807, 2.05) is 0 Å². The topological polar surface area (TPSA) is 95.9 Å². The molecule has 1 aliphatic heterocycles. The molecule has 0 spiro atoms. The summed E-state index contributed by atoms with van der Waals surface area (Å²) in [7, 11) is 3.43. The highest BCUT2D eigenvalue weighted by molar-refractivity contribution is 5.81. The van der Waals surface area contributed by atoms with Gasteiger partial charge in [0.05, 0.1) is 30.4 Å². The van der Waals surface area contributed by atoms with Gasteiger partial charge in [-0.1, -0.05) is 0 Å². The number of hydrogen-bond acceptors (Lipinski definition) is 6. The summed E-state index contributed by atoms with van der Waals surface area (Å²) in [5.41, 5.74) is 1.33. The molecule has 2 aromatic heterocycles. The molecule has 140 valence electrons. The minimum Gasteiger partial charge on any atom is -0.451 e. The maximum Gasteiger partial charge on any atom is 0.319 e. The van der Waals surface area contributed by atoms with E-state index in [9.17, 15) is 9.59 Å². The summed E-state index contributed by atoms with van der Waals surface area (Å²) in [4.78, 5) is 38.5. The molecule has 1 saturated heterocycles. The minimum atomic E-state index is -0.244. The Morgan fingerprint density at radius 3 is 2.27 bits per heavy atom. The largest absolute Gasteiger partial charge is 0.451 e. The first-order valence-corrected chi connectivity index (χ1v) is 8.53. The Hall–Kier alpha value is -2.84. The van der Waals surface area contributed by atoms with Crippen molar-refractivity contribution in [2.45, 2.75) is 25.9 Å². The minimum absolute atomic E-state index is 0.0211. The fourth-order valence-corrected chi connectivity index (χ4v) is 3.13. The van der Waals surface area contributed by atoms with Crippen molar-refractivity contribution in [3.63, 3.8) is 0 Å². The van der Waals surface area contributed by atoms with E-state index < -0.39 is 0 Å². The zero-order chi connectivity index (χ0) is 18.5. The molecular weight excluding hydrogens is 338 g/mol. The molecular formula is C17H23N5O4. The third-order valence-corrected chi connectivity index (χ3v) is 4.41. The Kier molecular flexibility index (Phi) is 5.55. The Bertz CT molecular complexity index is 677. The lowest BCUT2D eigenvalue weighted by molar-refractivity contribution is -0.138. The van der Waals surface area contributed by atoms with Gasteiger partial charge in [-0.25, -0.2) is 14.8 Å². The molecule has 9 heteroatoms. The summed E-state index contributed by atoms with van der Waals surface area (Å²) in [5.74, 6) is -0.265. The average molecular weight is 361 g/mol. The molecule has 0 aliphatic carbocycles. The molecule has 0 saturated carbocycles. The van der Waals surface area contributed by atoms with Crippen LogP contribution in [0.3, 0.4) is 0 Å². The predicted molar refractivity (Wildman–Crippen MR) is 90.6 cm³/mol. The van der Waals surface area contributed by atoms with Crippen LogP contribution in [0.15, 0.2) is 34.1 Å². The van der Waals surface area contributed by atoms with Crippen LogP contribution in [0.5, 0.6) is 0 Å². The third-order valence-electron chi connectivity index (χ3n) is 4.41. The molecule has 1 aliphatic rings. The van der Waals surface area contributed by atoms with Crippen LogP contribution in [0, 0.1) is 5.92 Å². The zero-order valence-electron chi connectivity index (χ0n) is 15.0. The molecule has 1 atom stereocenters. The number of piperidine rings is 1. The molecule has 3 rings (SSSR count). The van der Waals surface area contributed by atoms with Gasteiger partial charge in [0.25, 0.3) is 0 Å². The number of urea groups is 1. The second-order valence-corrected chi connectivity index (χ2v) is 6.62. The van der Waals surface area contributed by atoms with Crippen molar-refractivity contribution in [1.82, 2.24) is 24.7 Å². The Morgan fingerprint density at radius 1 is 1.15 bits per heavy atom. The van der Waals surface area contributed by atoms with Crippen LogP contribution in [-0.4, -0.2) is 63.8 Å². The molecule has 3 heterocycles. The van der Waals surface area contributed by atoms with E-state index in [1.54, 1.807) is 23.9 Å². The molecule has 0 radical (unpaired) electrons. The maximum absolute atomic E-state index is 13.1. The summed E-state index contributed by atoms with van der Waals surface area (Å²) in [5, 5.41) is 0. The first-order chi connectivity index (χ1) is 12.5. The first-order valence-electron chi connectivity index (χ1n) is 8.53. The number of hydrogen-bond donors (Lipinski definition) is 0. The van der Waals surface area contributed by atoms with Crippen LogP contribution in [0.1, 0.15) is 24.2 Å². The summed E-state index contributed by atoms with van der Waals surface area (Å²) in [6, 6.07) is -0.0675. The monoisotopic (exact) mass is 361 g/mol. The van der Waals surface area contributed by atoms with E-state index in [0.717, 1.165) is 12.8 Å². The third kappa shape index (κ3) is 4.22. The molecule has 2 aromatic rings. The van der Waals surface area contributed by atoms with Crippen molar-refractivity contribution in [2.24, 2.45) is 5.92 Å². The second-order valence-electron chi connectivity index (χ2n) is 6.62. The molecule has 0 aromatic carbocycles. The van der Waals surface area contributed by atoms with Crippen molar-refractivity contribution < 1.29 is 18.4 Å². The molecule has 0 unspecified atom stereocenters. The van der Waals surface area contributed by atoms with Gasteiger partial charge >= 0.3 is 6.03 Å². The fraction of sp³-hybridized carbons (Fsp3) is 0.529. The summed E-state index contributed by atoms with van der Waals surface area (Å²) in [6.45, 7) is 1.73. The van der Waals surface area contributed by atoms with Gasteiger partial charge in [0.1, 0.15) is 12.5 Å². The van der Waals surface area contributed by atoms with E-state index >= 15 is 0 Å². The Morgan fingerprint density at radius 2 is 1.77 bits per heavy atom. The van der Waals surface area contributed by atoms with Gasteiger partial charge in [-0.05, 0) is 12.8 Å². The van der Waals surface area contributed by atoms with Crippen LogP contribution < -0.4 is 0 Å². The lowest BCUT2D eigenvalue weighted by Crippen LogP contribution is -2.49. The van der Waals surface area contributed by atoms with Gasteiger partial charge in [-0.2, -0.15) is 0 Å². The lowest BCUT2D eigenvalue weighted by atomic mass is 9.96. The van der Waals surface area contributed by atoms with E-state index in [4.69, 9.17) is 8.83 Å². The van der Waals surface area contributed by atoms with Gasteiger partial charge in [-0.15, -0.1) is 0 Å². The van der Waals surface area contributed by atoms with Crippen molar-refractivity contribution in [3.05, 3.63) is 36.7 Å². The fourth-order valence-electron chi connectivity index (χ4n) is 3.13. The van der Waals surface area contributed by atoms with Crippen molar-refractivity contribution in [2.75, 3.05) is 27.2 Å². The van der Waals surface area contributed by atoms with Gasteiger partial charge in [-0.3, -0.25) is 4.79 Å². The number of likely N-dealkylation sites (tertiary alicyclic amines) is 1.